The van der Waals surface area contributed by atoms with E-state index >= 15 is 0 Å². The van der Waals surface area contributed by atoms with Gasteiger partial charge in [-0.05, 0) is 49.9 Å². The van der Waals surface area contributed by atoms with E-state index < -0.39 is 36.1 Å². The summed E-state index contributed by atoms with van der Waals surface area (Å²) in [4.78, 5) is 54.2. The molecule has 0 radical (unpaired) electrons. The molecule has 2 aromatic rings. The molecule has 0 saturated heterocycles. The van der Waals surface area contributed by atoms with Gasteiger partial charge in [0.2, 0.25) is 0 Å². The van der Waals surface area contributed by atoms with E-state index in [-0.39, 0.29) is 45.9 Å². The van der Waals surface area contributed by atoms with Crippen LogP contribution in [0.15, 0.2) is 24.3 Å². The van der Waals surface area contributed by atoms with Crippen molar-refractivity contribution >= 4 is 34.4 Å². The molecule has 2 aromatic carbocycles. The summed E-state index contributed by atoms with van der Waals surface area (Å²) in [5.74, 6) is -2.61. The molecule has 0 saturated carbocycles. The number of imide groups is 2. The van der Waals surface area contributed by atoms with Gasteiger partial charge in [0.1, 0.15) is 12.5 Å². The van der Waals surface area contributed by atoms with Crippen LogP contribution in [0.4, 0.5) is 0 Å². The fourth-order valence-electron chi connectivity index (χ4n) is 4.48. The molecule has 0 aliphatic carbocycles. The van der Waals surface area contributed by atoms with Gasteiger partial charge in [-0.25, -0.2) is 9.80 Å². The van der Waals surface area contributed by atoms with Gasteiger partial charge < -0.3 is 10.2 Å². The van der Waals surface area contributed by atoms with E-state index in [9.17, 15) is 29.4 Å². The molecule has 8 heteroatoms. The van der Waals surface area contributed by atoms with Crippen LogP contribution in [0.5, 0.6) is 0 Å². The third-order valence-corrected chi connectivity index (χ3v) is 6.19. The van der Waals surface area contributed by atoms with Gasteiger partial charge in [0.05, 0.1) is 0 Å². The first kappa shape index (κ1) is 22.1. The zero-order valence-corrected chi connectivity index (χ0v) is 18.1. The third kappa shape index (κ3) is 3.22. The molecule has 2 N–H and O–H groups in total. The highest BCUT2D eigenvalue weighted by atomic mass is 16.3. The first-order valence-electron chi connectivity index (χ1n) is 11.0. The van der Waals surface area contributed by atoms with Crippen LogP contribution in [0.1, 0.15) is 93.8 Å². The molecule has 8 nitrogen and oxygen atoms in total. The van der Waals surface area contributed by atoms with E-state index in [1.165, 1.54) is 24.3 Å². The average molecular weight is 438 g/mol. The lowest BCUT2D eigenvalue weighted by molar-refractivity contribution is 0.00350. The third-order valence-electron chi connectivity index (χ3n) is 6.19. The van der Waals surface area contributed by atoms with Crippen molar-refractivity contribution in [3.63, 3.8) is 0 Å². The highest BCUT2D eigenvalue weighted by Gasteiger charge is 2.42. The molecular formula is C24H26N2O6. The Morgan fingerprint density at radius 1 is 0.625 bits per heavy atom. The fraction of sp³-hybridized carbons (Fsp3) is 0.417. The number of amides is 4. The first-order valence-corrected chi connectivity index (χ1v) is 11.0. The van der Waals surface area contributed by atoms with E-state index in [4.69, 9.17) is 0 Å². The number of carbonyl (C=O) groups excluding carboxylic acids is 4. The van der Waals surface area contributed by atoms with Crippen molar-refractivity contribution in [2.75, 3.05) is 0 Å². The number of aliphatic hydroxyl groups excluding tert-OH is 2. The highest BCUT2D eigenvalue weighted by molar-refractivity contribution is 6.33. The first-order chi connectivity index (χ1) is 15.3. The van der Waals surface area contributed by atoms with Crippen LogP contribution in [0.2, 0.25) is 0 Å². The van der Waals surface area contributed by atoms with E-state index in [1.54, 1.807) is 0 Å². The molecule has 2 aliphatic rings. The molecule has 0 fully saturated rings. The number of aliphatic hydroxyl groups is 2. The second-order valence-electron chi connectivity index (χ2n) is 8.28. The maximum Gasteiger partial charge on any atom is 0.263 e. The van der Waals surface area contributed by atoms with Crippen molar-refractivity contribution in [1.82, 2.24) is 9.80 Å². The van der Waals surface area contributed by atoms with Gasteiger partial charge >= 0.3 is 0 Å². The minimum atomic E-state index is -1.25. The van der Waals surface area contributed by atoms with Gasteiger partial charge in [-0.1, -0.05) is 26.7 Å². The van der Waals surface area contributed by atoms with Crippen LogP contribution >= 0.6 is 0 Å². The Labute approximate surface area is 185 Å². The number of carbonyl (C=O) groups is 4. The van der Waals surface area contributed by atoms with Gasteiger partial charge in [0, 0.05) is 33.0 Å². The van der Waals surface area contributed by atoms with Crippen molar-refractivity contribution in [3.05, 3.63) is 46.5 Å². The van der Waals surface area contributed by atoms with Crippen LogP contribution in [-0.2, 0) is 0 Å². The van der Waals surface area contributed by atoms with Crippen LogP contribution in [-0.4, -0.2) is 56.1 Å². The van der Waals surface area contributed by atoms with Crippen LogP contribution in [0.3, 0.4) is 0 Å². The summed E-state index contributed by atoms with van der Waals surface area (Å²) < 4.78 is 0. The number of rotatable bonds is 8. The SMILES string of the molecule is CCCCC(O)N1C(=O)c2ccc3c4c(ccc(c24)C1=O)C(=O)N(C(O)CCCC)C3=O. The lowest BCUT2D eigenvalue weighted by Crippen LogP contribution is -2.49. The molecular weight excluding hydrogens is 412 g/mol. The second-order valence-corrected chi connectivity index (χ2v) is 8.28. The largest absolute Gasteiger partial charge is 0.373 e. The van der Waals surface area contributed by atoms with Crippen LogP contribution in [0.25, 0.3) is 10.8 Å². The Bertz CT molecular complexity index is 982. The monoisotopic (exact) mass is 438 g/mol. The smallest absolute Gasteiger partial charge is 0.263 e. The van der Waals surface area contributed by atoms with E-state index in [1.807, 2.05) is 13.8 Å². The minimum Gasteiger partial charge on any atom is -0.373 e. The Hall–Kier alpha value is -3.10. The number of hydrogen-bond donors (Lipinski definition) is 2. The van der Waals surface area contributed by atoms with Crippen molar-refractivity contribution < 1.29 is 29.4 Å². The van der Waals surface area contributed by atoms with Gasteiger partial charge in [-0.2, -0.15) is 0 Å². The van der Waals surface area contributed by atoms with E-state index in [0.29, 0.717) is 12.8 Å². The highest BCUT2D eigenvalue weighted by Crippen LogP contribution is 2.39. The standard InChI is InChI=1S/C24H26N2O6/c1-3-5-7-17(27)25-21(29)13-9-11-15-20-16(12-10-14(19(13)20)22(25)30)24(32)26(23(15)31)18(28)8-6-4-2/h9-12,17-18,27-28H,3-8H2,1-2H3. The topological polar surface area (TPSA) is 115 Å². The molecule has 32 heavy (non-hydrogen) atoms. The predicted molar refractivity (Wildman–Crippen MR) is 116 cm³/mol. The summed E-state index contributed by atoms with van der Waals surface area (Å²) >= 11 is 0. The number of hydrogen-bond acceptors (Lipinski definition) is 6. The zero-order valence-electron chi connectivity index (χ0n) is 18.1. The Morgan fingerprint density at radius 2 is 0.906 bits per heavy atom. The molecule has 0 bridgehead atoms. The fourth-order valence-corrected chi connectivity index (χ4v) is 4.48. The number of nitrogens with zero attached hydrogens (tertiary/aromatic N) is 2. The molecule has 2 unspecified atom stereocenters. The maximum atomic E-state index is 13.1. The average Bonchev–Trinajstić information content (AvgIpc) is 2.78. The molecule has 168 valence electrons. The summed E-state index contributed by atoms with van der Waals surface area (Å²) in [6.07, 6.45) is 0.938. The van der Waals surface area contributed by atoms with E-state index in [0.717, 1.165) is 22.6 Å². The minimum absolute atomic E-state index is 0.163. The van der Waals surface area contributed by atoms with Crippen LogP contribution in [0, 0.1) is 0 Å². The van der Waals surface area contributed by atoms with Crippen molar-refractivity contribution in [1.29, 1.82) is 0 Å². The van der Waals surface area contributed by atoms with Gasteiger partial charge in [-0.15, -0.1) is 0 Å². The molecule has 0 spiro atoms. The summed E-state index contributed by atoms with van der Waals surface area (Å²) in [6, 6.07) is 5.79. The predicted octanol–water partition coefficient (Wildman–Crippen LogP) is 3.05. The molecule has 2 aliphatic heterocycles. The quantitative estimate of drug-likeness (QED) is 0.612. The van der Waals surface area contributed by atoms with Crippen molar-refractivity contribution in [3.8, 4) is 0 Å². The van der Waals surface area contributed by atoms with Crippen LogP contribution < -0.4 is 0 Å². The van der Waals surface area contributed by atoms with Gasteiger partial charge in [0.15, 0.2) is 0 Å². The zero-order chi connectivity index (χ0) is 23.2. The lowest BCUT2D eigenvalue weighted by Gasteiger charge is -2.34. The normalized spacial score (nSPS) is 17.4. The Morgan fingerprint density at radius 3 is 1.16 bits per heavy atom. The van der Waals surface area contributed by atoms with Crippen molar-refractivity contribution in [2.24, 2.45) is 0 Å². The number of unbranched alkanes of at least 4 members (excludes halogenated alkanes) is 2. The lowest BCUT2D eigenvalue weighted by atomic mass is 9.85. The second kappa shape index (κ2) is 8.44. The number of benzene rings is 2. The van der Waals surface area contributed by atoms with Gasteiger partial charge in [0.25, 0.3) is 23.6 Å². The summed E-state index contributed by atoms with van der Waals surface area (Å²) in [6.45, 7) is 3.89. The molecule has 2 atom stereocenters. The Kier molecular flexibility index (Phi) is 5.83. The molecule has 2 heterocycles. The Balaban J connectivity index is 1.84. The summed E-state index contributed by atoms with van der Waals surface area (Å²) in [7, 11) is 0. The van der Waals surface area contributed by atoms with Gasteiger partial charge in [-0.3, -0.25) is 19.2 Å². The maximum absolute atomic E-state index is 13.1. The van der Waals surface area contributed by atoms with Crippen molar-refractivity contribution in [2.45, 2.75) is 64.8 Å². The molecule has 4 rings (SSSR count). The summed E-state index contributed by atoms with van der Waals surface area (Å²) in [5.41, 5.74) is 0.653. The summed E-state index contributed by atoms with van der Waals surface area (Å²) in [5, 5.41) is 21.5. The molecule has 4 amide bonds. The van der Waals surface area contributed by atoms with E-state index in [2.05, 4.69) is 0 Å². The molecule has 0 aromatic heterocycles.